The van der Waals surface area contributed by atoms with Crippen LogP contribution < -0.4 is 10.6 Å². The van der Waals surface area contributed by atoms with Crippen molar-refractivity contribution in [2.75, 3.05) is 5.32 Å². The summed E-state index contributed by atoms with van der Waals surface area (Å²) < 4.78 is 46.0. The van der Waals surface area contributed by atoms with E-state index in [4.69, 9.17) is 4.74 Å². The van der Waals surface area contributed by atoms with E-state index in [1.165, 1.54) is 6.20 Å². The molecule has 0 aliphatic heterocycles. The van der Waals surface area contributed by atoms with Crippen LogP contribution in [0.25, 0.3) is 5.52 Å². The standard InChI is InChI=1S/C22H29BrF3N5O3/c1-11(2)18-29-16(23)15-17(30-19(32)22(24,25)26)27-10-14(31(15)18)12-6-8-13(9-7-12)28-20(33)34-21(3,4)5/h10-13H,6-9H2,1-5H3,(H,28,33)(H,27,30,32). The summed E-state index contributed by atoms with van der Waals surface area (Å²) >= 11 is 3.33. The molecule has 3 rings (SSSR count). The molecule has 1 aliphatic rings. The summed E-state index contributed by atoms with van der Waals surface area (Å²) in [5.41, 5.74) is 0.509. The molecule has 0 atom stereocenters. The number of halogens is 4. The number of anilines is 1. The summed E-state index contributed by atoms with van der Waals surface area (Å²) in [6, 6.07) is -0.0287. The van der Waals surface area contributed by atoms with E-state index < -0.39 is 23.8 Å². The number of carbonyl (C=O) groups excluding carboxylic acids is 2. The first-order valence-corrected chi connectivity index (χ1v) is 11.9. The zero-order chi connectivity index (χ0) is 25.4. The number of hydrogen-bond acceptors (Lipinski definition) is 5. The van der Waals surface area contributed by atoms with E-state index in [-0.39, 0.29) is 29.2 Å². The normalized spacial score (nSPS) is 19.4. The Morgan fingerprint density at radius 2 is 1.79 bits per heavy atom. The van der Waals surface area contributed by atoms with Gasteiger partial charge in [0.25, 0.3) is 0 Å². The van der Waals surface area contributed by atoms with E-state index in [1.807, 2.05) is 19.2 Å². The van der Waals surface area contributed by atoms with Gasteiger partial charge in [-0.2, -0.15) is 13.2 Å². The molecule has 0 saturated heterocycles. The average Bonchev–Trinajstić information content (AvgIpc) is 3.05. The average molecular weight is 548 g/mol. The minimum atomic E-state index is -5.04. The lowest BCUT2D eigenvalue weighted by Crippen LogP contribution is -2.40. The van der Waals surface area contributed by atoms with Crippen LogP contribution in [0.2, 0.25) is 0 Å². The Morgan fingerprint density at radius 1 is 1.18 bits per heavy atom. The van der Waals surface area contributed by atoms with Crippen LogP contribution in [0.3, 0.4) is 0 Å². The van der Waals surface area contributed by atoms with Gasteiger partial charge >= 0.3 is 18.2 Å². The summed E-state index contributed by atoms with van der Waals surface area (Å²) in [5, 5.41) is 4.77. The van der Waals surface area contributed by atoms with Crippen molar-refractivity contribution in [1.29, 1.82) is 0 Å². The first-order chi connectivity index (χ1) is 15.7. The zero-order valence-electron chi connectivity index (χ0n) is 19.7. The monoisotopic (exact) mass is 547 g/mol. The summed E-state index contributed by atoms with van der Waals surface area (Å²) in [6.45, 7) is 9.27. The summed E-state index contributed by atoms with van der Waals surface area (Å²) in [7, 11) is 0. The molecule has 1 fully saturated rings. The molecule has 2 aromatic heterocycles. The molecule has 1 aliphatic carbocycles. The van der Waals surface area contributed by atoms with Gasteiger partial charge in [0.2, 0.25) is 0 Å². The summed E-state index contributed by atoms with van der Waals surface area (Å²) in [5.74, 6) is -1.63. The third kappa shape index (κ3) is 6.00. The van der Waals surface area contributed by atoms with E-state index >= 15 is 0 Å². The van der Waals surface area contributed by atoms with Gasteiger partial charge in [-0.1, -0.05) is 13.8 Å². The molecule has 1 saturated carbocycles. The number of fused-ring (bicyclic) bond motifs is 1. The maximum atomic E-state index is 12.8. The van der Waals surface area contributed by atoms with Gasteiger partial charge in [-0.05, 0) is 62.4 Å². The summed E-state index contributed by atoms with van der Waals surface area (Å²) in [6.07, 6.45) is -1.09. The molecular formula is C22H29BrF3N5O3. The molecule has 2 N–H and O–H groups in total. The molecule has 12 heteroatoms. The van der Waals surface area contributed by atoms with Crippen molar-refractivity contribution >= 4 is 39.3 Å². The number of nitrogens with one attached hydrogen (secondary N) is 2. The van der Waals surface area contributed by atoms with Gasteiger partial charge in [0.1, 0.15) is 21.5 Å². The third-order valence-corrected chi connectivity index (χ3v) is 6.09. The first kappa shape index (κ1) is 26.2. The SMILES string of the molecule is CC(C)c1nc(Br)c2c(NC(=O)C(F)(F)F)ncc(C3CCC(NC(=O)OC(C)(C)C)CC3)n12. The van der Waals surface area contributed by atoms with E-state index in [9.17, 15) is 22.8 Å². The molecule has 2 heterocycles. The Balaban J connectivity index is 1.87. The van der Waals surface area contributed by atoms with Crippen molar-refractivity contribution in [2.24, 2.45) is 0 Å². The van der Waals surface area contributed by atoms with Crippen molar-refractivity contribution in [3.8, 4) is 0 Å². The Kier molecular flexibility index (Phi) is 7.49. The molecule has 8 nitrogen and oxygen atoms in total. The van der Waals surface area contributed by atoms with Crippen LogP contribution in [0.15, 0.2) is 10.8 Å². The molecule has 0 aromatic carbocycles. The number of alkyl carbamates (subject to hydrolysis) is 1. The third-order valence-electron chi connectivity index (χ3n) is 5.54. The number of carbonyl (C=O) groups is 2. The fraction of sp³-hybridized carbons (Fsp3) is 0.636. The highest BCUT2D eigenvalue weighted by Gasteiger charge is 2.40. The maximum absolute atomic E-state index is 12.8. The maximum Gasteiger partial charge on any atom is 0.471 e. The van der Waals surface area contributed by atoms with Gasteiger partial charge in [0, 0.05) is 29.8 Å². The van der Waals surface area contributed by atoms with Crippen LogP contribution in [0.1, 0.15) is 83.7 Å². The van der Waals surface area contributed by atoms with E-state index in [1.54, 1.807) is 25.2 Å². The number of hydrogen-bond donors (Lipinski definition) is 2. The van der Waals surface area contributed by atoms with Crippen molar-refractivity contribution in [2.45, 2.75) is 90.0 Å². The Bertz CT molecular complexity index is 1070. The molecule has 2 amide bonds. The number of imidazole rings is 1. The first-order valence-electron chi connectivity index (χ1n) is 11.1. The number of nitrogens with zero attached hydrogens (tertiary/aromatic N) is 3. The Labute approximate surface area is 204 Å². The second-order valence-electron chi connectivity index (χ2n) is 9.78. The van der Waals surface area contributed by atoms with Crippen LogP contribution in [0, 0.1) is 0 Å². The van der Waals surface area contributed by atoms with Gasteiger partial charge in [-0.3, -0.25) is 9.20 Å². The molecule has 34 heavy (non-hydrogen) atoms. The molecule has 0 radical (unpaired) electrons. The topological polar surface area (TPSA) is 97.6 Å². The minimum absolute atomic E-state index is 0.0287. The van der Waals surface area contributed by atoms with Crippen LogP contribution in [-0.4, -0.2) is 44.2 Å². The number of aromatic nitrogens is 3. The van der Waals surface area contributed by atoms with Crippen LogP contribution in [-0.2, 0) is 9.53 Å². The van der Waals surface area contributed by atoms with Gasteiger partial charge < -0.3 is 15.4 Å². The van der Waals surface area contributed by atoms with Crippen molar-refractivity contribution in [1.82, 2.24) is 19.7 Å². The van der Waals surface area contributed by atoms with Crippen LogP contribution >= 0.6 is 15.9 Å². The second-order valence-corrected chi connectivity index (χ2v) is 10.5. The number of ether oxygens (including phenoxy) is 1. The highest BCUT2D eigenvalue weighted by atomic mass is 79.9. The van der Waals surface area contributed by atoms with E-state index in [0.717, 1.165) is 18.5 Å². The van der Waals surface area contributed by atoms with E-state index in [2.05, 4.69) is 31.2 Å². The molecule has 188 valence electrons. The predicted molar refractivity (Wildman–Crippen MR) is 124 cm³/mol. The Hall–Kier alpha value is -2.37. The molecule has 2 aromatic rings. The molecule has 0 spiro atoms. The fourth-order valence-electron chi connectivity index (χ4n) is 4.08. The predicted octanol–water partition coefficient (Wildman–Crippen LogP) is 5.67. The Morgan fingerprint density at radius 3 is 2.32 bits per heavy atom. The molecule has 0 bridgehead atoms. The smallest absolute Gasteiger partial charge is 0.444 e. The quantitative estimate of drug-likeness (QED) is 0.514. The summed E-state index contributed by atoms with van der Waals surface area (Å²) in [4.78, 5) is 32.3. The van der Waals surface area contributed by atoms with E-state index in [0.29, 0.717) is 23.3 Å². The van der Waals surface area contributed by atoms with Crippen molar-refractivity contribution < 1.29 is 27.5 Å². The van der Waals surface area contributed by atoms with Gasteiger partial charge in [0.15, 0.2) is 5.82 Å². The van der Waals surface area contributed by atoms with Crippen LogP contribution in [0.5, 0.6) is 0 Å². The highest BCUT2D eigenvalue weighted by Crippen LogP contribution is 2.37. The largest absolute Gasteiger partial charge is 0.471 e. The zero-order valence-corrected chi connectivity index (χ0v) is 21.3. The minimum Gasteiger partial charge on any atom is -0.444 e. The van der Waals surface area contributed by atoms with Gasteiger partial charge in [-0.25, -0.2) is 14.8 Å². The number of alkyl halides is 3. The van der Waals surface area contributed by atoms with Crippen molar-refractivity contribution in [3.63, 3.8) is 0 Å². The molecular weight excluding hydrogens is 519 g/mol. The number of rotatable bonds is 4. The lowest BCUT2D eigenvalue weighted by atomic mass is 9.84. The second kappa shape index (κ2) is 9.71. The van der Waals surface area contributed by atoms with Crippen molar-refractivity contribution in [3.05, 3.63) is 22.3 Å². The molecule has 0 unspecified atom stereocenters. The fourth-order valence-corrected chi connectivity index (χ4v) is 4.62. The lowest BCUT2D eigenvalue weighted by Gasteiger charge is -2.31. The highest BCUT2D eigenvalue weighted by molar-refractivity contribution is 9.10. The van der Waals surface area contributed by atoms with Gasteiger partial charge in [0.05, 0.1) is 0 Å². The lowest BCUT2D eigenvalue weighted by molar-refractivity contribution is -0.167. The van der Waals surface area contributed by atoms with Gasteiger partial charge in [-0.15, -0.1) is 0 Å². The number of amides is 2. The van der Waals surface area contributed by atoms with Crippen LogP contribution in [0.4, 0.5) is 23.8 Å².